The fraction of sp³-hybridized carbons (Fsp3) is 0.391. The number of amides is 2. The van der Waals surface area contributed by atoms with Gasteiger partial charge >= 0.3 is 0 Å². The minimum atomic E-state index is -0.803. The SMILES string of the molecule is Cc1cc(O)cc(C)c1C[C@H](N)C(=O)NC(C)C(=O)NCC(N)Cc1ccccc1. The van der Waals surface area contributed by atoms with Crippen LogP contribution in [0, 0.1) is 13.8 Å². The Kier molecular flexibility index (Phi) is 8.38. The van der Waals surface area contributed by atoms with Gasteiger partial charge in [-0.25, -0.2) is 0 Å². The van der Waals surface area contributed by atoms with E-state index in [1.54, 1.807) is 19.1 Å². The highest BCUT2D eigenvalue weighted by Crippen LogP contribution is 2.21. The molecule has 0 aromatic heterocycles. The van der Waals surface area contributed by atoms with Gasteiger partial charge in [-0.2, -0.15) is 0 Å². The molecule has 7 heteroatoms. The van der Waals surface area contributed by atoms with Crippen LogP contribution in [0.2, 0.25) is 0 Å². The van der Waals surface area contributed by atoms with Crippen molar-refractivity contribution >= 4 is 11.8 Å². The third kappa shape index (κ3) is 6.86. The number of aromatic hydroxyl groups is 1. The molecule has 0 spiro atoms. The highest BCUT2D eigenvalue weighted by molar-refractivity contribution is 5.89. The normalized spacial score (nSPS) is 13.9. The van der Waals surface area contributed by atoms with Gasteiger partial charge in [0, 0.05) is 12.6 Å². The van der Waals surface area contributed by atoms with Crippen molar-refractivity contribution in [3.05, 3.63) is 64.7 Å². The minimum Gasteiger partial charge on any atom is -0.508 e. The lowest BCUT2D eigenvalue weighted by Crippen LogP contribution is -2.52. The quantitative estimate of drug-likeness (QED) is 0.421. The molecule has 30 heavy (non-hydrogen) atoms. The third-order valence-corrected chi connectivity index (χ3v) is 5.07. The lowest BCUT2D eigenvalue weighted by atomic mass is 9.96. The van der Waals surface area contributed by atoms with Crippen molar-refractivity contribution in [2.24, 2.45) is 11.5 Å². The topological polar surface area (TPSA) is 130 Å². The molecule has 0 bridgehead atoms. The fourth-order valence-corrected chi connectivity index (χ4v) is 3.36. The van der Waals surface area contributed by atoms with Crippen LogP contribution in [0.15, 0.2) is 42.5 Å². The molecule has 0 aliphatic rings. The second-order valence-electron chi connectivity index (χ2n) is 7.79. The van der Waals surface area contributed by atoms with Crippen molar-refractivity contribution in [3.63, 3.8) is 0 Å². The number of phenolic OH excluding ortho intramolecular Hbond substituents is 1. The summed E-state index contributed by atoms with van der Waals surface area (Å²) in [5.41, 5.74) is 15.9. The van der Waals surface area contributed by atoms with Crippen LogP contribution in [0.1, 0.15) is 29.2 Å². The Labute approximate surface area is 177 Å². The average Bonchev–Trinajstić information content (AvgIpc) is 2.69. The van der Waals surface area contributed by atoms with Crippen molar-refractivity contribution in [1.29, 1.82) is 0 Å². The highest BCUT2D eigenvalue weighted by atomic mass is 16.3. The predicted octanol–water partition coefficient (Wildman–Crippen LogP) is 1.07. The predicted molar refractivity (Wildman–Crippen MR) is 118 cm³/mol. The first kappa shape index (κ1) is 23.4. The molecule has 2 amide bonds. The molecule has 2 rings (SSSR count). The van der Waals surface area contributed by atoms with E-state index < -0.39 is 18.0 Å². The number of nitrogens with one attached hydrogen (secondary N) is 2. The highest BCUT2D eigenvalue weighted by Gasteiger charge is 2.22. The molecule has 7 nitrogen and oxygen atoms in total. The van der Waals surface area contributed by atoms with E-state index in [1.807, 2.05) is 44.2 Å². The van der Waals surface area contributed by atoms with Gasteiger partial charge < -0.3 is 27.2 Å². The van der Waals surface area contributed by atoms with Crippen molar-refractivity contribution in [2.75, 3.05) is 6.54 Å². The number of carbonyl (C=O) groups is 2. The van der Waals surface area contributed by atoms with Gasteiger partial charge in [0.2, 0.25) is 11.8 Å². The van der Waals surface area contributed by atoms with Gasteiger partial charge in [-0.15, -0.1) is 0 Å². The van der Waals surface area contributed by atoms with E-state index in [2.05, 4.69) is 10.6 Å². The molecule has 0 heterocycles. The average molecular weight is 413 g/mol. The largest absolute Gasteiger partial charge is 0.508 e. The Morgan fingerprint density at radius 2 is 1.60 bits per heavy atom. The molecule has 0 aliphatic heterocycles. The van der Waals surface area contributed by atoms with Crippen molar-refractivity contribution < 1.29 is 14.7 Å². The number of nitrogens with two attached hydrogens (primary N) is 2. The molecule has 0 saturated heterocycles. The van der Waals surface area contributed by atoms with Crippen molar-refractivity contribution in [1.82, 2.24) is 10.6 Å². The molecule has 2 aromatic rings. The molecule has 162 valence electrons. The summed E-state index contributed by atoms with van der Waals surface area (Å²) in [6.07, 6.45) is 0.970. The van der Waals surface area contributed by atoms with E-state index in [0.29, 0.717) is 19.4 Å². The molecular formula is C23H32N4O3. The zero-order chi connectivity index (χ0) is 22.3. The van der Waals surface area contributed by atoms with Crippen molar-refractivity contribution in [3.8, 4) is 5.75 Å². The summed E-state index contributed by atoms with van der Waals surface area (Å²) in [6.45, 7) is 5.65. The van der Waals surface area contributed by atoms with Gasteiger partial charge in [0.25, 0.3) is 0 Å². The third-order valence-electron chi connectivity index (χ3n) is 5.07. The van der Waals surface area contributed by atoms with E-state index >= 15 is 0 Å². The number of carbonyl (C=O) groups excluding carboxylic acids is 2. The molecule has 0 fully saturated rings. The maximum atomic E-state index is 12.4. The van der Waals surface area contributed by atoms with Crippen LogP contribution in [-0.4, -0.2) is 41.6 Å². The molecule has 0 radical (unpaired) electrons. The molecular weight excluding hydrogens is 380 g/mol. The molecule has 2 unspecified atom stereocenters. The second-order valence-corrected chi connectivity index (χ2v) is 7.79. The number of benzene rings is 2. The summed E-state index contributed by atoms with van der Waals surface area (Å²) in [6, 6.07) is 11.3. The molecule has 7 N–H and O–H groups in total. The summed E-state index contributed by atoms with van der Waals surface area (Å²) in [5, 5.41) is 15.1. The van der Waals surface area contributed by atoms with Gasteiger partial charge in [0.05, 0.1) is 6.04 Å². The first-order valence-electron chi connectivity index (χ1n) is 10.1. The van der Waals surface area contributed by atoms with Crippen LogP contribution in [0.25, 0.3) is 0 Å². The zero-order valence-corrected chi connectivity index (χ0v) is 17.8. The van der Waals surface area contributed by atoms with Gasteiger partial charge in [-0.1, -0.05) is 30.3 Å². The molecule has 0 aliphatic carbocycles. The maximum absolute atomic E-state index is 12.4. The number of rotatable bonds is 9. The first-order chi connectivity index (χ1) is 14.2. The van der Waals surface area contributed by atoms with E-state index in [9.17, 15) is 14.7 Å². The summed E-state index contributed by atoms with van der Waals surface area (Å²) >= 11 is 0. The van der Waals surface area contributed by atoms with E-state index in [4.69, 9.17) is 11.5 Å². The number of aryl methyl sites for hydroxylation is 2. The maximum Gasteiger partial charge on any atom is 0.242 e. The Morgan fingerprint density at radius 1 is 1.00 bits per heavy atom. The van der Waals surface area contributed by atoms with Crippen molar-refractivity contribution in [2.45, 2.75) is 51.7 Å². The number of phenols is 1. The van der Waals surface area contributed by atoms with Crippen LogP contribution in [-0.2, 0) is 22.4 Å². The zero-order valence-electron chi connectivity index (χ0n) is 17.8. The minimum absolute atomic E-state index is 0.183. The standard InChI is InChI=1S/C23H32N4O3/c1-14-9-19(28)10-15(2)20(14)12-21(25)23(30)27-16(3)22(29)26-13-18(24)11-17-7-5-4-6-8-17/h4-10,16,18,21,28H,11-13,24-25H2,1-3H3,(H,26,29)(H,27,30)/t16?,18?,21-/m0/s1. The summed E-state index contributed by atoms with van der Waals surface area (Å²) in [4.78, 5) is 24.8. The first-order valence-corrected chi connectivity index (χ1v) is 10.1. The van der Waals surface area contributed by atoms with Gasteiger partial charge in [-0.3, -0.25) is 9.59 Å². The van der Waals surface area contributed by atoms with Gasteiger partial charge in [0.15, 0.2) is 0 Å². The lowest BCUT2D eigenvalue weighted by Gasteiger charge is -2.20. The van der Waals surface area contributed by atoms with Crippen LogP contribution in [0.4, 0.5) is 0 Å². The summed E-state index contributed by atoms with van der Waals surface area (Å²) < 4.78 is 0. The summed E-state index contributed by atoms with van der Waals surface area (Å²) in [7, 11) is 0. The monoisotopic (exact) mass is 412 g/mol. The molecule has 2 aromatic carbocycles. The van der Waals surface area contributed by atoms with Gasteiger partial charge in [-0.05, 0) is 68.0 Å². The van der Waals surface area contributed by atoms with E-state index in [-0.39, 0.29) is 17.7 Å². The van der Waals surface area contributed by atoms with E-state index in [1.165, 1.54) is 0 Å². The number of hydrogen-bond donors (Lipinski definition) is 5. The Bertz CT molecular complexity index is 847. The number of hydrogen-bond acceptors (Lipinski definition) is 5. The Morgan fingerprint density at radius 3 is 2.20 bits per heavy atom. The van der Waals surface area contributed by atoms with Crippen LogP contribution < -0.4 is 22.1 Å². The smallest absolute Gasteiger partial charge is 0.242 e. The Hall–Kier alpha value is -2.90. The van der Waals surface area contributed by atoms with Crippen LogP contribution in [0.3, 0.4) is 0 Å². The summed E-state index contributed by atoms with van der Waals surface area (Å²) in [5.74, 6) is -0.531. The lowest BCUT2D eigenvalue weighted by molar-refractivity contribution is -0.129. The van der Waals surface area contributed by atoms with Crippen LogP contribution in [0.5, 0.6) is 5.75 Å². The molecule has 0 saturated carbocycles. The fourth-order valence-electron chi connectivity index (χ4n) is 3.36. The van der Waals surface area contributed by atoms with E-state index in [0.717, 1.165) is 22.3 Å². The van der Waals surface area contributed by atoms with Gasteiger partial charge in [0.1, 0.15) is 11.8 Å². The molecule has 3 atom stereocenters. The Balaban J connectivity index is 1.82. The van der Waals surface area contributed by atoms with Crippen LogP contribution >= 0.6 is 0 Å². The second kappa shape index (κ2) is 10.8.